The highest BCUT2D eigenvalue weighted by atomic mass is 79.9. The van der Waals surface area contributed by atoms with E-state index in [4.69, 9.17) is 23.7 Å². The number of phenols is 1. The molecular formula is C32H45BrO14. The van der Waals surface area contributed by atoms with Crippen LogP contribution < -0.4 is 4.74 Å². The lowest BCUT2D eigenvalue weighted by molar-refractivity contribution is -0.152. The molecule has 2 rings (SSSR count). The third-order valence-corrected chi connectivity index (χ3v) is 6.07. The van der Waals surface area contributed by atoms with Crippen LogP contribution in [0.3, 0.4) is 0 Å². The Bertz CT molecular complexity index is 1220. The normalized spacial score (nSPS) is 10.2. The zero-order valence-corrected chi connectivity index (χ0v) is 29.6. The average Bonchev–Trinajstić information content (AvgIpc) is 3.09. The van der Waals surface area contributed by atoms with Crippen LogP contribution in [-0.2, 0) is 37.9 Å². The van der Waals surface area contributed by atoms with E-state index in [-0.39, 0.29) is 40.9 Å². The summed E-state index contributed by atoms with van der Waals surface area (Å²) in [4.78, 5) is 46.0. The Kier molecular flexibility index (Phi) is 23.3. The fraction of sp³-hybridized carbons (Fsp3) is 0.500. The van der Waals surface area contributed by atoms with Crippen molar-refractivity contribution >= 4 is 39.8 Å². The molecule has 0 heterocycles. The predicted octanol–water partition coefficient (Wildman–Crippen LogP) is 4.78. The standard InChI is InChI=1S/C16H22O7.C10H10O5.C6H13BrO2/c1-5-21-14(22-6-2)10-23-11-7-8-12(15(17)19-3)13(9-11)16(18)20-4;1-14-9(12)7-4-3-6(11)5-8(7)10(13)15-2;1-3-8-6(5-7)9-4-2/h7-9,14H,5-6,10H2,1-4H3;3-5,11H,1-2H3;6H,3-5H2,1-2H3. The number of aromatic hydroxyl groups is 1. The number of phenolic OH excluding ortho intramolecular Hbond substituents is 1. The Hall–Kier alpha value is -3.76. The minimum atomic E-state index is -0.702. The van der Waals surface area contributed by atoms with Crippen LogP contribution in [0.15, 0.2) is 36.4 Å². The zero-order chi connectivity index (χ0) is 35.8. The van der Waals surface area contributed by atoms with Crippen LogP contribution in [0.5, 0.6) is 11.5 Å². The van der Waals surface area contributed by atoms with Gasteiger partial charge in [-0.15, -0.1) is 0 Å². The highest BCUT2D eigenvalue weighted by Crippen LogP contribution is 2.21. The van der Waals surface area contributed by atoms with Crippen molar-refractivity contribution in [2.45, 2.75) is 40.3 Å². The minimum Gasteiger partial charge on any atom is -0.508 e. The maximum atomic E-state index is 11.8. The number of hydrogen-bond donors (Lipinski definition) is 1. The van der Waals surface area contributed by atoms with Gasteiger partial charge in [-0.1, -0.05) is 15.9 Å². The van der Waals surface area contributed by atoms with Crippen molar-refractivity contribution < 1.29 is 66.9 Å². The predicted molar refractivity (Wildman–Crippen MR) is 173 cm³/mol. The summed E-state index contributed by atoms with van der Waals surface area (Å²) in [6.07, 6.45) is -0.577. The van der Waals surface area contributed by atoms with Crippen molar-refractivity contribution in [2.75, 3.05) is 66.8 Å². The molecule has 0 aliphatic carbocycles. The molecule has 15 heteroatoms. The molecule has 47 heavy (non-hydrogen) atoms. The third kappa shape index (κ3) is 16.1. The topological polar surface area (TPSA) is 172 Å². The lowest BCUT2D eigenvalue weighted by Gasteiger charge is -2.18. The lowest BCUT2D eigenvalue weighted by Crippen LogP contribution is -2.25. The van der Waals surface area contributed by atoms with Gasteiger partial charge in [0.25, 0.3) is 0 Å². The molecule has 0 atom stereocenters. The summed E-state index contributed by atoms with van der Waals surface area (Å²) in [6, 6.07) is 8.18. The molecule has 264 valence electrons. The number of carbonyl (C=O) groups is 4. The van der Waals surface area contributed by atoms with Gasteiger partial charge < -0.3 is 47.7 Å². The second-order valence-corrected chi connectivity index (χ2v) is 9.20. The van der Waals surface area contributed by atoms with E-state index < -0.39 is 30.2 Å². The van der Waals surface area contributed by atoms with Gasteiger partial charge in [-0.2, -0.15) is 0 Å². The van der Waals surface area contributed by atoms with E-state index in [1.807, 2.05) is 27.7 Å². The van der Waals surface area contributed by atoms with E-state index in [2.05, 4.69) is 34.9 Å². The summed E-state index contributed by atoms with van der Waals surface area (Å²) in [5, 5.41) is 9.92. The Morgan fingerprint density at radius 2 is 0.979 bits per heavy atom. The van der Waals surface area contributed by atoms with Crippen LogP contribution in [0.4, 0.5) is 0 Å². The van der Waals surface area contributed by atoms with E-state index in [0.29, 0.717) is 32.2 Å². The summed E-state index contributed by atoms with van der Waals surface area (Å²) < 4.78 is 44.9. The Morgan fingerprint density at radius 1 is 0.596 bits per heavy atom. The Balaban J connectivity index is 0.000000753. The van der Waals surface area contributed by atoms with Crippen LogP contribution in [0, 0.1) is 0 Å². The van der Waals surface area contributed by atoms with Crippen LogP contribution in [0.1, 0.15) is 69.1 Å². The maximum absolute atomic E-state index is 11.8. The number of hydrogen-bond acceptors (Lipinski definition) is 14. The molecule has 1 N–H and O–H groups in total. The van der Waals surface area contributed by atoms with Gasteiger partial charge in [0.2, 0.25) is 0 Å². The molecule has 0 amide bonds. The number of alkyl halides is 1. The Morgan fingerprint density at radius 3 is 1.38 bits per heavy atom. The first kappa shape index (κ1) is 43.2. The van der Waals surface area contributed by atoms with Gasteiger partial charge in [0, 0.05) is 26.4 Å². The van der Waals surface area contributed by atoms with Crippen molar-refractivity contribution in [3.8, 4) is 11.5 Å². The van der Waals surface area contributed by atoms with Crippen molar-refractivity contribution in [1.29, 1.82) is 0 Å². The fourth-order valence-corrected chi connectivity index (χ4v) is 3.84. The molecule has 0 saturated carbocycles. The van der Waals surface area contributed by atoms with Gasteiger partial charge in [0.1, 0.15) is 18.1 Å². The molecule has 0 aromatic heterocycles. The van der Waals surface area contributed by atoms with E-state index in [1.165, 1.54) is 52.7 Å². The summed E-state index contributed by atoms with van der Waals surface area (Å²) in [6.45, 7) is 10.2. The smallest absolute Gasteiger partial charge is 0.338 e. The van der Waals surface area contributed by atoms with E-state index in [9.17, 15) is 24.3 Å². The lowest BCUT2D eigenvalue weighted by atomic mass is 10.1. The number of esters is 4. The molecule has 14 nitrogen and oxygen atoms in total. The monoisotopic (exact) mass is 732 g/mol. The molecule has 0 unspecified atom stereocenters. The highest BCUT2D eigenvalue weighted by molar-refractivity contribution is 9.09. The van der Waals surface area contributed by atoms with Crippen molar-refractivity contribution in [2.24, 2.45) is 0 Å². The summed E-state index contributed by atoms with van der Waals surface area (Å²) in [7, 11) is 4.86. The number of rotatable bonds is 16. The molecule has 0 radical (unpaired) electrons. The summed E-state index contributed by atoms with van der Waals surface area (Å²) in [5.74, 6) is -2.37. The molecule has 0 spiro atoms. The first-order valence-electron chi connectivity index (χ1n) is 14.5. The molecule has 0 saturated heterocycles. The quantitative estimate of drug-likeness (QED) is 0.108. The first-order chi connectivity index (χ1) is 22.5. The third-order valence-electron chi connectivity index (χ3n) is 5.54. The number of halogens is 1. The number of methoxy groups -OCH3 is 4. The van der Waals surface area contributed by atoms with Gasteiger partial charge in [0.05, 0.1) is 56.0 Å². The first-order valence-corrected chi connectivity index (χ1v) is 15.6. The van der Waals surface area contributed by atoms with Crippen LogP contribution in [0.2, 0.25) is 0 Å². The van der Waals surface area contributed by atoms with Crippen LogP contribution in [0.25, 0.3) is 0 Å². The molecule has 0 bridgehead atoms. The highest BCUT2D eigenvalue weighted by Gasteiger charge is 2.20. The fourth-order valence-electron chi connectivity index (χ4n) is 3.47. The molecule has 0 aliphatic rings. The number of ether oxygens (including phenoxy) is 9. The van der Waals surface area contributed by atoms with E-state index in [1.54, 1.807) is 6.07 Å². The van der Waals surface area contributed by atoms with Gasteiger partial charge in [-0.05, 0) is 64.1 Å². The number of carbonyl (C=O) groups excluding carboxylic acids is 4. The second kappa shape index (κ2) is 25.3. The van der Waals surface area contributed by atoms with Crippen LogP contribution in [-0.4, -0.2) is 108 Å². The molecule has 2 aromatic rings. The van der Waals surface area contributed by atoms with Crippen LogP contribution >= 0.6 is 15.9 Å². The molecule has 2 aromatic carbocycles. The van der Waals surface area contributed by atoms with Gasteiger partial charge in [-0.25, -0.2) is 19.2 Å². The van der Waals surface area contributed by atoms with Crippen molar-refractivity contribution in [3.63, 3.8) is 0 Å². The van der Waals surface area contributed by atoms with E-state index >= 15 is 0 Å². The van der Waals surface area contributed by atoms with Gasteiger partial charge >= 0.3 is 23.9 Å². The second-order valence-electron chi connectivity index (χ2n) is 8.55. The van der Waals surface area contributed by atoms with Crippen molar-refractivity contribution in [1.82, 2.24) is 0 Å². The average molecular weight is 734 g/mol. The van der Waals surface area contributed by atoms with Gasteiger partial charge in [-0.3, -0.25) is 0 Å². The molecular weight excluding hydrogens is 688 g/mol. The van der Waals surface area contributed by atoms with Crippen molar-refractivity contribution in [3.05, 3.63) is 58.7 Å². The minimum absolute atomic E-state index is 0.0237. The summed E-state index contributed by atoms with van der Waals surface area (Å²) in [5.41, 5.74) is 0.214. The molecule has 0 fully saturated rings. The van der Waals surface area contributed by atoms with Gasteiger partial charge in [0.15, 0.2) is 12.6 Å². The SMILES string of the molecule is CCOC(CBr)OCC.CCOC(COc1ccc(C(=O)OC)c(C(=O)OC)c1)OCC.COC(=O)c1ccc(O)cc1C(=O)OC. The summed E-state index contributed by atoms with van der Waals surface area (Å²) >= 11 is 3.27. The number of benzene rings is 2. The Labute approximate surface area is 283 Å². The largest absolute Gasteiger partial charge is 0.508 e. The van der Waals surface area contributed by atoms with E-state index in [0.717, 1.165) is 11.4 Å². The molecule has 0 aliphatic heterocycles. The zero-order valence-electron chi connectivity index (χ0n) is 28.0. The maximum Gasteiger partial charge on any atom is 0.338 e.